The predicted octanol–water partition coefficient (Wildman–Crippen LogP) is 13.7. The lowest BCUT2D eigenvalue weighted by Crippen LogP contribution is -2.17. The molecule has 0 N–H and O–H groups in total. The maximum atomic E-state index is 2.45. The molecule has 52 heavy (non-hydrogen) atoms. The Morgan fingerprint density at radius 1 is 0.385 bits per heavy atom. The molecule has 0 aliphatic heterocycles. The zero-order valence-corrected chi connectivity index (χ0v) is 28.8. The molecule has 1 aliphatic rings. The molecule has 0 amide bonds. The van der Waals surface area contributed by atoms with Crippen molar-refractivity contribution in [3.05, 3.63) is 205 Å². The fourth-order valence-electron chi connectivity index (χ4n) is 8.42. The van der Waals surface area contributed by atoms with Crippen molar-refractivity contribution in [2.75, 3.05) is 4.90 Å². The Labute approximate surface area is 303 Å². The molecule has 1 heterocycles. The first-order valence-corrected chi connectivity index (χ1v) is 18.2. The highest BCUT2D eigenvalue weighted by atomic mass is 15.1. The van der Waals surface area contributed by atoms with Gasteiger partial charge >= 0.3 is 0 Å². The van der Waals surface area contributed by atoms with Crippen molar-refractivity contribution in [3.8, 4) is 16.8 Å². The first-order valence-electron chi connectivity index (χ1n) is 18.2. The van der Waals surface area contributed by atoms with Gasteiger partial charge in [0.05, 0.1) is 11.0 Å². The Bertz CT molecular complexity index is 2770. The van der Waals surface area contributed by atoms with Gasteiger partial charge in [-0.25, -0.2) is 0 Å². The van der Waals surface area contributed by atoms with E-state index in [0.29, 0.717) is 0 Å². The average Bonchev–Trinajstić information content (AvgIpc) is 3.55. The number of aromatic nitrogens is 1. The number of para-hydroxylation sites is 3. The highest BCUT2D eigenvalue weighted by Crippen LogP contribution is 2.45. The van der Waals surface area contributed by atoms with E-state index in [1.165, 1.54) is 88.4 Å². The van der Waals surface area contributed by atoms with E-state index in [2.05, 4.69) is 204 Å². The van der Waals surface area contributed by atoms with Crippen LogP contribution < -0.4 is 4.90 Å². The number of hydrogen-bond acceptors (Lipinski definition) is 1. The van der Waals surface area contributed by atoms with Gasteiger partial charge in [0.2, 0.25) is 0 Å². The molecule has 10 rings (SSSR count). The van der Waals surface area contributed by atoms with E-state index < -0.39 is 0 Å². The van der Waals surface area contributed by atoms with Crippen LogP contribution in [0.15, 0.2) is 200 Å². The van der Waals surface area contributed by atoms with Crippen LogP contribution in [0, 0.1) is 0 Å². The molecule has 0 unspecified atom stereocenters. The van der Waals surface area contributed by atoms with Gasteiger partial charge in [0.1, 0.15) is 0 Å². The lowest BCUT2D eigenvalue weighted by Gasteiger charge is -2.30. The fraction of sp³-hybridized carbons (Fsp3) is 0.0400. The number of hydrogen-bond donors (Lipinski definition) is 0. The predicted molar refractivity (Wildman–Crippen MR) is 222 cm³/mol. The van der Waals surface area contributed by atoms with Gasteiger partial charge in [0.15, 0.2) is 0 Å². The fourth-order valence-corrected chi connectivity index (χ4v) is 8.42. The second-order valence-electron chi connectivity index (χ2n) is 13.6. The molecular weight excluding hydrogens is 629 g/mol. The Morgan fingerprint density at radius 2 is 0.923 bits per heavy atom. The van der Waals surface area contributed by atoms with E-state index in [4.69, 9.17) is 0 Å². The molecule has 0 radical (unpaired) electrons. The normalized spacial score (nSPS) is 13.1. The maximum Gasteiger partial charge on any atom is 0.0542 e. The topological polar surface area (TPSA) is 8.17 Å². The smallest absolute Gasteiger partial charge is 0.0542 e. The summed E-state index contributed by atoms with van der Waals surface area (Å²) >= 11 is 0. The van der Waals surface area contributed by atoms with Gasteiger partial charge in [-0.2, -0.15) is 0 Å². The molecule has 0 saturated heterocycles. The molecular formula is C50H36N2. The first kappa shape index (κ1) is 30.2. The molecule has 0 atom stereocenters. The molecule has 8 aromatic carbocycles. The number of allylic oxidation sites excluding steroid dienone is 4. The lowest BCUT2D eigenvalue weighted by molar-refractivity contribution is 0.932. The zero-order valence-electron chi connectivity index (χ0n) is 28.8. The van der Waals surface area contributed by atoms with Crippen molar-refractivity contribution in [2.24, 2.45) is 0 Å². The lowest BCUT2D eigenvalue weighted by atomic mass is 9.83. The third kappa shape index (κ3) is 4.95. The van der Waals surface area contributed by atoms with Gasteiger partial charge in [0.25, 0.3) is 0 Å². The summed E-state index contributed by atoms with van der Waals surface area (Å²) in [4.78, 5) is 2.45. The number of anilines is 2. The SMILES string of the molecule is C1=C(c2c3ccccc3c(-c3ccccc3)c3ccccc23)CCC(N(c2ccccc2)c2ccc3c(c2)c2ccccc2n3-c2ccccc2)=C1. The number of rotatable bonds is 6. The van der Waals surface area contributed by atoms with Gasteiger partial charge in [-0.3, -0.25) is 0 Å². The van der Waals surface area contributed by atoms with Gasteiger partial charge in [-0.1, -0.05) is 140 Å². The van der Waals surface area contributed by atoms with Crippen LogP contribution in [0.25, 0.3) is 65.7 Å². The third-order valence-corrected chi connectivity index (χ3v) is 10.7. The molecule has 0 bridgehead atoms. The Morgan fingerprint density at radius 3 is 1.56 bits per heavy atom. The molecule has 246 valence electrons. The zero-order chi connectivity index (χ0) is 34.4. The summed E-state index contributed by atoms with van der Waals surface area (Å²) in [5, 5.41) is 7.72. The van der Waals surface area contributed by atoms with Gasteiger partial charge in [-0.05, 0) is 111 Å². The number of fused-ring (bicyclic) bond motifs is 5. The van der Waals surface area contributed by atoms with Crippen molar-refractivity contribution in [3.63, 3.8) is 0 Å². The van der Waals surface area contributed by atoms with Crippen molar-refractivity contribution < 1.29 is 0 Å². The minimum absolute atomic E-state index is 0.924. The van der Waals surface area contributed by atoms with Crippen LogP contribution in [0.4, 0.5) is 11.4 Å². The summed E-state index contributed by atoms with van der Waals surface area (Å²) in [5.41, 5.74) is 12.5. The maximum absolute atomic E-state index is 2.45. The summed E-state index contributed by atoms with van der Waals surface area (Å²) in [6.45, 7) is 0. The Kier molecular flexibility index (Phi) is 7.32. The van der Waals surface area contributed by atoms with Crippen LogP contribution in [0.1, 0.15) is 18.4 Å². The van der Waals surface area contributed by atoms with Crippen LogP contribution in [-0.2, 0) is 0 Å². The largest absolute Gasteiger partial charge is 0.314 e. The van der Waals surface area contributed by atoms with E-state index >= 15 is 0 Å². The summed E-state index contributed by atoms with van der Waals surface area (Å²) in [5.74, 6) is 0. The molecule has 1 aliphatic carbocycles. The quantitative estimate of drug-likeness (QED) is 0.161. The summed E-state index contributed by atoms with van der Waals surface area (Å²) in [6.07, 6.45) is 6.61. The number of nitrogens with zero attached hydrogens (tertiary/aromatic N) is 2. The van der Waals surface area contributed by atoms with Crippen LogP contribution in [0.3, 0.4) is 0 Å². The van der Waals surface area contributed by atoms with E-state index in [1.54, 1.807) is 0 Å². The number of benzene rings is 8. The Hall–Kier alpha value is -6.64. The van der Waals surface area contributed by atoms with Gasteiger partial charge < -0.3 is 9.47 Å². The molecule has 0 saturated carbocycles. The minimum atomic E-state index is 0.924. The van der Waals surface area contributed by atoms with E-state index in [1.807, 2.05) is 0 Å². The highest BCUT2D eigenvalue weighted by Gasteiger charge is 2.23. The van der Waals surface area contributed by atoms with Crippen molar-refractivity contribution in [1.29, 1.82) is 0 Å². The summed E-state index contributed by atoms with van der Waals surface area (Å²) in [7, 11) is 0. The monoisotopic (exact) mass is 664 g/mol. The van der Waals surface area contributed by atoms with Crippen LogP contribution >= 0.6 is 0 Å². The molecule has 1 aromatic heterocycles. The Balaban J connectivity index is 1.14. The highest BCUT2D eigenvalue weighted by molar-refractivity contribution is 6.19. The molecule has 0 fully saturated rings. The average molecular weight is 665 g/mol. The van der Waals surface area contributed by atoms with Crippen molar-refractivity contribution in [2.45, 2.75) is 12.8 Å². The molecule has 9 aromatic rings. The summed E-state index contributed by atoms with van der Waals surface area (Å²) < 4.78 is 2.38. The van der Waals surface area contributed by atoms with Crippen molar-refractivity contribution in [1.82, 2.24) is 4.57 Å². The van der Waals surface area contributed by atoms with Gasteiger partial charge in [-0.15, -0.1) is 0 Å². The second kappa shape index (κ2) is 12.6. The van der Waals surface area contributed by atoms with Crippen molar-refractivity contribution >= 4 is 60.3 Å². The molecule has 0 spiro atoms. The van der Waals surface area contributed by atoms with Gasteiger partial charge in [0, 0.05) is 33.5 Å². The van der Waals surface area contributed by atoms with Crippen LogP contribution in [0.5, 0.6) is 0 Å². The summed E-state index contributed by atoms with van der Waals surface area (Å²) in [6, 6.07) is 66.0. The molecule has 2 heteroatoms. The van der Waals surface area contributed by atoms with E-state index in [9.17, 15) is 0 Å². The second-order valence-corrected chi connectivity index (χ2v) is 13.6. The van der Waals surface area contributed by atoms with Crippen LogP contribution in [-0.4, -0.2) is 4.57 Å². The third-order valence-electron chi connectivity index (χ3n) is 10.7. The van der Waals surface area contributed by atoms with E-state index in [-0.39, 0.29) is 0 Å². The standard InChI is InChI=1S/C50H36N2/c1-4-16-35(17-5-1)49-42-23-10-12-25-44(42)50(45-26-13-11-24-43(45)49)36-28-30-39(31-29-36)51(37-18-6-2-7-19-37)40-32-33-48-46(34-40)41-22-14-15-27-47(41)52(48)38-20-8-3-9-21-38/h1-28,30,32-34H,29,31H2. The minimum Gasteiger partial charge on any atom is -0.314 e. The molecule has 2 nitrogen and oxygen atoms in total. The van der Waals surface area contributed by atoms with Crippen LogP contribution in [0.2, 0.25) is 0 Å². The van der Waals surface area contributed by atoms with E-state index in [0.717, 1.165) is 12.8 Å². The first-order chi connectivity index (χ1) is 25.8.